The molecular formula is C16H33NO3. The molecule has 20 heavy (non-hydrogen) atoms. The third-order valence-corrected chi connectivity index (χ3v) is 3.41. The topological polar surface area (TPSA) is 38.8 Å². The lowest BCUT2D eigenvalue weighted by Gasteiger charge is -2.17. The highest BCUT2D eigenvalue weighted by atomic mass is 16.6. The van der Waals surface area contributed by atoms with E-state index in [1.807, 2.05) is 6.92 Å². The summed E-state index contributed by atoms with van der Waals surface area (Å²) in [6, 6.07) is 0. The van der Waals surface area contributed by atoms with E-state index in [9.17, 15) is 4.79 Å². The van der Waals surface area contributed by atoms with Gasteiger partial charge in [0.25, 0.3) is 0 Å². The number of carbonyl (C=O) groups excluding carboxylic acids is 1. The second-order valence-electron chi connectivity index (χ2n) is 5.18. The molecular weight excluding hydrogens is 254 g/mol. The van der Waals surface area contributed by atoms with Crippen LogP contribution in [0.1, 0.15) is 60.3 Å². The van der Waals surface area contributed by atoms with Gasteiger partial charge in [-0.3, -0.25) is 4.79 Å². The van der Waals surface area contributed by atoms with Gasteiger partial charge >= 0.3 is 5.97 Å². The van der Waals surface area contributed by atoms with Crippen LogP contribution in [-0.2, 0) is 14.3 Å². The summed E-state index contributed by atoms with van der Waals surface area (Å²) in [6.45, 7) is 14.9. The summed E-state index contributed by atoms with van der Waals surface area (Å²) in [5, 5.41) is 0. The van der Waals surface area contributed by atoms with Crippen molar-refractivity contribution in [3.05, 3.63) is 0 Å². The van der Waals surface area contributed by atoms with E-state index in [4.69, 9.17) is 9.47 Å². The van der Waals surface area contributed by atoms with Gasteiger partial charge in [0.05, 0.1) is 12.7 Å². The molecule has 1 aliphatic rings. The quantitative estimate of drug-likeness (QED) is 0.674. The monoisotopic (exact) mass is 287 g/mol. The molecule has 4 nitrogen and oxygen atoms in total. The molecule has 0 aromatic rings. The fourth-order valence-electron chi connectivity index (χ4n) is 2.18. The van der Waals surface area contributed by atoms with Crippen LogP contribution in [-0.4, -0.2) is 49.3 Å². The summed E-state index contributed by atoms with van der Waals surface area (Å²) >= 11 is 0. The molecule has 1 heterocycles. The third kappa shape index (κ3) is 8.54. The van der Waals surface area contributed by atoms with E-state index in [0.717, 1.165) is 6.42 Å². The number of ether oxygens (including phenoxy) is 2. The van der Waals surface area contributed by atoms with Crippen LogP contribution < -0.4 is 0 Å². The molecule has 120 valence electrons. The van der Waals surface area contributed by atoms with E-state index in [1.54, 1.807) is 6.92 Å². The van der Waals surface area contributed by atoms with Crippen molar-refractivity contribution in [3.8, 4) is 0 Å². The Morgan fingerprint density at radius 2 is 1.80 bits per heavy atom. The van der Waals surface area contributed by atoms with Crippen molar-refractivity contribution in [2.75, 3.05) is 26.2 Å². The highest BCUT2D eigenvalue weighted by Crippen LogP contribution is 2.16. The predicted octanol–water partition coefficient (Wildman–Crippen LogP) is 3.25. The van der Waals surface area contributed by atoms with Crippen LogP contribution in [0.15, 0.2) is 0 Å². The Kier molecular flexibility index (Phi) is 11.8. The lowest BCUT2D eigenvalue weighted by atomic mass is 10.2. The first kappa shape index (κ1) is 19.4. The lowest BCUT2D eigenvalue weighted by molar-refractivity contribution is -0.150. The Morgan fingerprint density at radius 3 is 2.15 bits per heavy atom. The molecule has 0 radical (unpaired) electrons. The average molecular weight is 287 g/mol. The van der Waals surface area contributed by atoms with Crippen LogP contribution in [0.2, 0.25) is 0 Å². The van der Waals surface area contributed by atoms with E-state index in [1.165, 1.54) is 32.5 Å². The minimum atomic E-state index is -0.132. The van der Waals surface area contributed by atoms with Gasteiger partial charge in [-0.25, -0.2) is 0 Å². The van der Waals surface area contributed by atoms with Gasteiger partial charge in [-0.15, -0.1) is 0 Å². The van der Waals surface area contributed by atoms with Crippen molar-refractivity contribution >= 4 is 5.97 Å². The summed E-state index contributed by atoms with van der Waals surface area (Å²) < 4.78 is 10.3. The molecule has 0 amide bonds. The minimum Gasteiger partial charge on any atom is -0.460 e. The van der Waals surface area contributed by atoms with Gasteiger partial charge in [-0.05, 0) is 39.4 Å². The van der Waals surface area contributed by atoms with Gasteiger partial charge in [-0.1, -0.05) is 27.7 Å². The molecule has 1 rings (SSSR count). The van der Waals surface area contributed by atoms with Crippen molar-refractivity contribution in [3.63, 3.8) is 0 Å². The van der Waals surface area contributed by atoms with Crippen LogP contribution in [0.25, 0.3) is 0 Å². The molecule has 0 aromatic heterocycles. The maximum atomic E-state index is 10.8. The summed E-state index contributed by atoms with van der Waals surface area (Å²) in [6.07, 6.45) is 3.92. The SMILES string of the molecule is CCC(=O)OC1CCOC1C.CCCN(CC)CCC. The molecule has 2 unspecified atom stereocenters. The Bertz CT molecular complexity index is 240. The lowest BCUT2D eigenvalue weighted by Crippen LogP contribution is -2.24. The smallest absolute Gasteiger partial charge is 0.305 e. The molecule has 0 aromatic carbocycles. The molecule has 1 saturated heterocycles. The molecule has 0 bridgehead atoms. The second-order valence-corrected chi connectivity index (χ2v) is 5.18. The Hall–Kier alpha value is -0.610. The van der Waals surface area contributed by atoms with Crippen LogP contribution >= 0.6 is 0 Å². The zero-order chi connectivity index (χ0) is 15.4. The zero-order valence-corrected chi connectivity index (χ0v) is 14.0. The number of esters is 1. The fourth-order valence-corrected chi connectivity index (χ4v) is 2.18. The molecule has 1 fully saturated rings. The van der Waals surface area contributed by atoms with E-state index in [0.29, 0.717) is 13.0 Å². The molecule has 2 atom stereocenters. The van der Waals surface area contributed by atoms with Gasteiger partial charge in [0.2, 0.25) is 0 Å². The molecule has 1 aliphatic heterocycles. The highest BCUT2D eigenvalue weighted by Gasteiger charge is 2.26. The first-order chi connectivity index (χ1) is 9.58. The molecule has 0 N–H and O–H groups in total. The first-order valence-corrected chi connectivity index (χ1v) is 8.12. The second kappa shape index (κ2) is 12.2. The van der Waals surface area contributed by atoms with Crippen LogP contribution in [0.5, 0.6) is 0 Å². The van der Waals surface area contributed by atoms with Gasteiger partial charge in [0, 0.05) is 12.8 Å². The molecule has 0 aliphatic carbocycles. The summed E-state index contributed by atoms with van der Waals surface area (Å²) in [5.41, 5.74) is 0. The Morgan fingerprint density at radius 1 is 1.20 bits per heavy atom. The van der Waals surface area contributed by atoms with Crippen LogP contribution in [0.4, 0.5) is 0 Å². The number of carbonyl (C=O) groups is 1. The maximum Gasteiger partial charge on any atom is 0.305 e. The maximum absolute atomic E-state index is 10.8. The predicted molar refractivity (Wildman–Crippen MR) is 82.9 cm³/mol. The number of hydrogen-bond acceptors (Lipinski definition) is 4. The first-order valence-electron chi connectivity index (χ1n) is 8.12. The third-order valence-electron chi connectivity index (χ3n) is 3.41. The van der Waals surface area contributed by atoms with Crippen molar-refractivity contribution in [1.82, 2.24) is 4.90 Å². The molecule has 0 saturated carbocycles. The highest BCUT2D eigenvalue weighted by molar-refractivity contribution is 5.69. The van der Waals surface area contributed by atoms with Crippen LogP contribution in [0, 0.1) is 0 Å². The average Bonchev–Trinajstić information content (AvgIpc) is 2.84. The normalized spacial score (nSPS) is 21.5. The van der Waals surface area contributed by atoms with E-state index in [-0.39, 0.29) is 18.2 Å². The van der Waals surface area contributed by atoms with Gasteiger partial charge in [-0.2, -0.15) is 0 Å². The van der Waals surface area contributed by atoms with Crippen LogP contribution in [0.3, 0.4) is 0 Å². The van der Waals surface area contributed by atoms with E-state index < -0.39 is 0 Å². The largest absolute Gasteiger partial charge is 0.460 e. The van der Waals surface area contributed by atoms with Gasteiger partial charge in [0.15, 0.2) is 0 Å². The Balaban J connectivity index is 0.000000370. The van der Waals surface area contributed by atoms with Crippen molar-refractivity contribution in [2.24, 2.45) is 0 Å². The fraction of sp³-hybridized carbons (Fsp3) is 0.938. The number of nitrogens with zero attached hydrogens (tertiary/aromatic N) is 1. The van der Waals surface area contributed by atoms with Gasteiger partial charge < -0.3 is 14.4 Å². The summed E-state index contributed by atoms with van der Waals surface area (Å²) in [5.74, 6) is -0.132. The van der Waals surface area contributed by atoms with E-state index >= 15 is 0 Å². The van der Waals surface area contributed by atoms with Crippen molar-refractivity contribution < 1.29 is 14.3 Å². The number of rotatable bonds is 7. The zero-order valence-electron chi connectivity index (χ0n) is 14.0. The Labute approximate surface area is 124 Å². The minimum absolute atomic E-state index is 0.0116. The van der Waals surface area contributed by atoms with Crippen molar-refractivity contribution in [1.29, 1.82) is 0 Å². The standard InChI is InChI=1S/C8H19N.C8H14O3/c1-4-7-9(6-3)8-5-2;1-3-8(9)11-7-4-5-10-6(7)2/h4-8H2,1-3H3;6-7H,3-5H2,1-2H3. The summed E-state index contributed by atoms with van der Waals surface area (Å²) in [7, 11) is 0. The molecule has 4 heteroatoms. The van der Waals surface area contributed by atoms with Crippen molar-refractivity contribution in [2.45, 2.75) is 72.5 Å². The number of hydrogen-bond donors (Lipinski definition) is 0. The molecule has 0 spiro atoms. The van der Waals surface area contributed by atoms with Gasteiger partial charge in [0.1, 0.15) is 6.10 Å². The summed E-state index contributed by atoms with van der Waals surface area (Å²) in [4.78, 5) is 13.3. The van der Waals surface area contributed by atoms with E-state index in [2.05, 4.69) is 25.7 Å².